The van der Waals surface area contributed by atoms with Gasteiger partial charge in [-0.05, 0) is 59.7 Å². The van der Waals surface area contributed by atoms with Crippen LogP contribution >= 0.6 is 0 Å². The van der Waals surface area contributed by atoms with Crippen molar-refractivity contribution >= 4 is 17.7 Å². The van der Waals surface area contributed by atoms with Gasteiger partial charge in [-0.1, -0.05) is 44.2 Å². The smallest absolute Gasteiger partial charge is 0.407 e. The molecule has 1 aliphatic rings. The maximum atomic E-state index is 13.1. The number of nitrogens with one attached hydrogen (secondary N) is 1. The molecular formula is C25H28FN5O3. The molecule has 0 spiro atoms. The van der Waals surface area contributed by atoms with Crippen LogP contribution in [-0.4, -0.2) is 43.5 Å². The Kier molecular flexibility index (Phi) is 6.12. The number of fused-ring (bicyclic) bond motifs is 1. The van der Waals surface area contributed by atoms with Crippen LogP contribution in [0.4, 0.5) is 14.9 Å². The maximum Gasteiger partial charge on any atom is 0.407 e. The highest BCUT2D eigenvalue weighted by atomic mass is 19.1. The van der Waals surface area contributed by atoms with E-state index in [-0.39, 0.29) is 28.9 Å². The maximum absolute atomic E-state index is 13.1. The fourth-order valence-corrected chi connectivity index (χ4v) is 4.52. The summed E-state index contributed by atoms with van der Waals surface area (Å²) in [4.78, 5) is 26.2. The van der Waals surface area contributed by atoms with Crippen molar-refractivity contribution < 1.29 is 19.1 Å². The Labute approximate surface area is 197 Å². The molecule has 0 aliphatic carbocycles. The zero-order chi connectivity index (χ0) is 24.6. The summed E-state index contributed by atoms with van der Waals surface area (Å²) in [7, 11) is 0. The van der Waals surface area contributed by atoms with E-state index in [1.807, 2.05) is 32.9 Å². The first-order valence-corrected chi connectivity index (χ1v) is 11.1. The molecule has 9 heteroatoms. The van der Waals surface area contributed by atoms with Crippen molar-refractivity contribution in [2.45, 2.75) is 46.7 Å². The van der Waals surface area contributed by atoms with Gasteiger partial charge in [0.2, 0.25) is 0 Å². The van der Waals surface area contributed by atoms with E-state index in [1.165, 1.54) is 17.0 Å². The summed E-state index contributed by atoms with van der Waals surface area (Å²) in [6, 6.07) is 11.4. The van der Waals surface area contributed by atoms with Crippen LogP contribution in [-0.2, 0) is 13.0 Å². The topological polar surface area (TPSA) is 100 Å². The Morgan fingerprint density at radius 1 is 1.18 bits per heavy atom. The Morgan fingerprint density at radius 2 is 1.88 bits per heavy atom. The number of hydrogen-bond donors (Lipinski definition) is 2. The van der Waals surface area contributed by atoms with Crippen molar-refractivity contribution in [3.05, 3.63) is 76.4 Å². The first-order valence-electron chi connectivity index (χ1n) is 11.1. The summed E-state index contributed by atoms with van der Waals surface area (Å²) in [6.45, 7) is 8.61. The Balaban J connectivity index is 1.53. The van der Waals surface area contributed by atoms with Crippen LogP contribution in [0.5, 0.6) is 0 Å². The van der Waals surface area contributed by atoms with Crippen molar-refractivity contribution in [3.8, 4) is 0 Å². The molecule has 0 bridgehead atoms. The Morgan fingerprint density at radius 3 is 2.53 bits per heavy atom. The molecule has 0 unspecified atom stereocenters. The third-order valence-electron chi connectivity index (χ3n) is 6.14. The summed E-state index contributed by atoms with van der Waals surface area (Å²) >= 11 is 0. The highest BCUT2D eigenvalue weighted by molar-refractivity contribution is 6.03. The van der Waals surface area contributed by atoms with Gasteiger partial charge in [0, 0.05) is 12.2 Å². The van der Waals surface area contributed by atoms with Gasteiger partial charge < -0.3 is 15.3 Å². The van der Waals surface area contributed by atoms with Gasteiger partial charge in [0.15, 0.2) is 5.69 Å². The zero-order valence-corrected chi connectivity index (χ0v) is 19.7. The fraction of sp³-hybridized carbons (Fsp3) is 0.360. The molecule has 0 saturated carbocycles. The summed E-state index contributed by atoms with van der Waals surface area (Å²) in [6.07, 6.45) is -0.354. The third kappa shape index (κ3) is 4.64. The van der Waals surface area contributed by atoms with Gasteiger partial charge in [0.25, 0.3) is 5.91 Å². The molecule has 178 valence electrons. The number of halogens is 1. The van der Waals surface area contributed by atoms with E-state index in [4.69, 9.17) is 0 Å². The predicted molar refractivity (Wildman–Crippen MR) is 125 cm³/mol. The molecule has 2 aromatic carbocycles. The minimum atomic E-state index is -0.929. The highest BCUT2D eigenvalue weighted by Crippen LogP contribution is 2.42. The Hall–Kier alpha value is -3.75. The van der Waals surface area contributed by atoms with E-state index in [2.05, 4.69) is 15.6 Å². The molecule has 4 rings (SSSR count). The van der Waals surface area contributed by atoms with Crippen molar-refractivity contribution in [3.63, 3.8) is 0 Å². The second-order valence-corrected chi connectivity index (χ2v) is 9.67. The number of benzene rings is 2. The molecule has 3 aromatic rings. The van der Waals surface area contributed by atoms with Crippen LogP contribution in [0.25, 0.3) is 0 Å². The van der Waals surface area contributed by atoms with E-state index in [0.717, 1.165) is 16.7 Å². The van der Waals surface area contributed by atoms with Gasteiger partial charge in [-0.25, -0.2) is 13.9 Å². The number of anilines is 1. The molecule has 0 fully saturated rings. The van der Waals surface area contributed by atoms with E-state index < -0.39 is 6.09 Å². The molecule has 1 atom stereocenters. The largest absolute Gasteiger partial charge is 0.465 e. The number of carboxylic acid groups (broad SMARTS) is 1. The van der Waals surface area contributed by atoms with Crippen LogP contribution < -0.4 is 5.32 Å². The van der Waals surface area contributed by atoms with Crippen molar-refractivity contribution in [2.24, 2.45) is 5.41 Å². The molecule has 2 N–H and O–H groups in total. The van der Waals surface area contributed by atoms with Gasteiger partial charge >= 0.3 is 6.09 Å². The summed E-state index contributed by atoms with van der Waals surface area (Å²) in [5, 5.41) is 20.7. The van der Waals surface area contributed by atoms with Gasteiger partial charge in [0.05, 0.1) is 18.3 Å². The average molecular weight is 466 g/mol. The highest BCUT2D eigenvalue weighted by Gasteiger charge is 2.38. The molecule has 1 aliphatic heterocycles. The van der Waals surface area contributed by atoms with Gasteiger partial charge in [0.1, 0.15) is 5.82 Å². The minimum absolute atomic E-state index is 0.212. The van der Waals surface area contributed by atoms with Crippen LogP contribution in [0, 0.1) is 18.2 Å². The molecule has 34 heavy (non-hydrogen) atoms. The van der Waals surface area contributed by atoms with Gasteiger partial charge in [-0.2, -0.15) is 0 Å². The predicted octanol–water partition coefficient (Wildman–Crippen LogP) is 4.65. The van der Waals surface area contributed by atoms with Gasteiger partial charge in [-0.3, -0.25) is 4.79 Å². The monoisotopic (exact) mass is 465 g/mol. The van der Waals surface area contributed by atoms with E-state index in [1.54, 1.807) is 29.8 Å². The number of carbonyl (C=O) groups excluding carboxylic acids is 1. The van der Waals surface area contributed by atoms with Crippen molar-refractivity contribution in [1.82, 2.24) is 19.9 Å². The average Bonchev–Trinajstić information content (AvgIpc) is 3.13. The lowest BCUT2D eigenvalue weighted by Gasteiger charge is -2.43. The number of nitrogens with zero attached hydrogens (tertiary/aromatic N) is 4. The number of amides is 2. The number of hydrogen-bond acceptors (Lipinski definition) is 4. The normalized spacial score (nSPS) is 15.7. The third-order valence-corrected chi connectivity index (χ3v) is 6.14. The molecule has 0 radical (unpaired) electrons. The lowest BCUT2D eigenvalue weighted by Crippen LogP contribution is -2.44. The minimum Gasteiger partial charge on any atom is -0.465 e. The van der Waals surface area contributed by atoms with Crippen LogP contribution in [0.15, 0.2) is 42.5 Å². The molecule has 8 nitrogen and oxygen atoms in total. The summed E-state index contributed by atoms with van der Waals surface area (Å²) in [5.41, 5.74) is 3.98. The van der Waals surface area contributed by atoms with Crippen molar-refractivity contribution in [1.29, 1.82) is 0 Å². The zero-order valence-electron chi connectivity index (χ0n) is 19.7. The quantitative estimate of drug-likeness (QED) is 0.584. The Bertz CT molecular complexity index is 1230. The number of rotatable bonds is 4. The molecule has 0 saturated heterocycles. The first kappa shape index (κ1) is 23.4. The second kappa shape index (κ2) is 8.89. The van der Waals surface area contributed by atoms with E-state index >= 15 is 0 Å². The summed E-state index contributed by atoms with van der Waals surface area (Å²) < 4.78 is 14.7. The second-order valence-electron chi connectivity index (χ2n) is 9.67. The standard InChI is InChI=1S/C25H28FN5O3/c1-15-21(28-29-31(15)14-16-5-7-18(26)8-6-16)23(32)27-19-9-10-20-17(13-19)11-12-30(24(33)34)22(20)25(2,3)4/h5-10,13,22H,11-12,14H2,1-4H3,(H,27,32)(H,33,34)/t22-/m0/s1. The fourth-order valence-electron chi connectivity index (χ4n) is 4.52. The van der Waals surface area contributed by atoms with Crippen LogP contribution in [0.1, 0.15) is 59.7 Å². The lowest BCUT2D eigenvalue weighted by atomic mass is 9.77. The van der Waals surface area contributed by atoms with E-state index in [9.17, 15) is 19.1 Å². The molecule has 1 aromatic heterocycles. The molecular weight excluding hydrogens is 437 g/mol. The summed E-state index contributed by atoms with van der Waals surface area (Å²) in [5.74, 6) is -0.688. The molecule has 2 amide bonds. The lowest BCUT2D eigenvalue weighted by molar-refractivity contribution is 0.0759. The molecule has 2 heterocycles. The van der Waals surface area contributed by atoms with E-state index in [0.29, 0.717) is 30.9 Å². The van der Waals surface area contributed by atoms with Crippen molar-refractivity contribution in [2.75, 3.05) is 11.9 Å². The van der Waals surface area contributed by atoms with Crippen LogP contribution in [0.3, 0.4) is 0 Å². The number of aromatic nitrogens is 3. The number of carbonyl (C=O) groups is 2. The first-order chi connectivity index (χ1) is 16.0. The van der Waals surface area contributed by atoms with Crippen LogP contribution in [0.2, 0.25) is 0 Å². The van der Waals surface area contributed by atoms with Gasteiger partial charge in [-0.15, -0.1) is 5.10 Å². The SMILES string of the molecule is Cc1c(C(=O)Nc2ccc3c(c2)CCN(C(=O)O)[C@@H]3C(C)(C)C)nnn1Cc1ccc(F)cc1.